The highest BCUT2D eigenvalue weighted by Crippen LogP contribution is 2.23. The van der Waals surface area contributed by atoms with Crippen LogP contribution in [0, 0.1) is 0 Å². The number of amides is 1. The van der Waals surface area contributed by atoms with E-state index in [1.165, 1.54) is 0 Å². The van der Waals surface area contributed by atoms with Gasteiger partial charge in [-0.15, -0.1) is 0 Å². The molecule has 1 fully saturated rings. The van der Waals surface area contributed by atoms with E-state index in [1.54, 1.807) is 24.8 Å². The summed E-state index contributed by atoms with van der Waals surface area (Å²) in [6, 6.07) is 17.5. The van der Waals surface area contributed by atoms with Crippen molar-refractivity contribution in [2.24, 2.45) is 0 Å². The van der Waals surface area contributed by atoms with Gasteiger partial charge in [-0.25, -0.2) is 9.97 Å². The van der Waals surface area contributed by atoms with E-state index in [0.717, 1.165) is 59.6 Å². The van der Waals surface area contributed by atoms with Crippen molar-refractivity contribution in [3.05, 3.63) is 102 Å². The number of ether oxygens (including phenoxy) is 1. The summed E-state index contributed by atoms with van der Waals surface area (Å²) in [6.45, 7) is 3.72. The van der Waals surface area contributed by atoms with Crippen LogP contribution in [0.25, 0.3) is 22.3 Å². The second-order valence-corrected chi connectivity index (χ2v) is 9.76. The molecular weight excluding hydrogens is 490 g/mol. The Morgan fingerprint density at radius 3 is 2.64 bits per heavy atom. The van der Waals surface area contributed by atoms with Crippen LogP contribution in [0.5, 0.6) is 5.75 Å². The number of hydrogen-bond acceptors (Lipinski definition) is 7. The molecule has 1 saturated heterocycles. The van der Waals surface area contributed by atoms with Crippen molar-refractivity contribution in [3.8, 4) is 17.1 Å². The first-order valence-electron chi connectivity index (χ1n) is 13.0. The van der Waals surface area contributed by atoms with Crippen molar-refractivity contribution in [2.75, 3.05) is 33.2 Å². The number of nitrogens with zero attached hydrogens (tertiary/aromatic N) is 6. The largest absolute Gasteiger partial charge is 0.489 e. The molecule has 0 bridgehead atoms. The first-order valence-corrected chi connectivity index (χ1v) is 13.0. The molecule has 1 aromatic carbocycles. The molecule has 1 N–H and O–H groups in total. The molecule has 196 valence electrons. The molecule has 0 radical (unpaired) electrons. The number of rotatable bonds is 7. The van der Waals surface area contributed by atoms with Crippen molar-refractivity contribution < 1.29 is 9.53 Å². The second-order valence-electron chi connectivity index (χ2n) is 9.76. The Morgan fingerprint density at radius 1 is 0.923 bits per heavy atom. The third-order valence-electron chi connectivity index (χ3n) is 6.90. The van der Waals surface area contributed by atoms with Crippen molar-refractivity contribution in [1.29, 1.82) is 0 Å². The number of nitrogens with one attached hydrogen (secondary N) is 1. The van der Waals surface area contributed by atoms with Gasteiger partial charge in [0.15, 0.2) is 0 Å². The lowest BCUT2D eigenvalue weighted by Crippen LogP contribution is -2.47. The second kappa shape index (κ2) is 11.0. The molecule has 5 aromatic rings. The number of piperazine rings is 1. The molecule has 0 spiro atoms. The van der Waals surface area contributed by atoms with E-state index in [2.05, 4.69) is 37.9 Å². The molecule has 0 unspecified atom stereocenters. The van der Waals surface area contributed by atoms with E-state index < -0.39 is 0 Å². The van der Waals surface area contributed by atoms with Gasteiger partial charge in [-0.05, 0) is 49.0 Å². The fourth-order valence-corrected chi connectivity index (χ4v) is 4.69. The van der Waals surface area contributed by atoms with Crippen LogP contribution >= 0.6 is 0 Å². The number of aromatic amines is 1. The van der Waals surface area contributed by atoms with Crippen LogP contribution in [-0.4, -0.2) is 73.9 Å². The topological polar surface area (TPSA) is 100 Å². The maximum atomic E-state index is 13.0. The normalized spacial score (nSPS) is 14.0. The molecule has 1 aliphatic heterocycles. The zero-order chi connectivity index (χ0) is 26.6. The summed E-state index contributed by atoms with van der Waals surface area (Å²) in [7, 11) is 2.08. The third-order valence-corrected chi connectivity index (χ3v) is 6.90. The van der Waals surface area contributed by atoms with E-state index in [4.69, 9.17) is 9.72 Å². The van der Waals surface area contributed by atoms with Gasteiger partial charge >= 0.3 is 0 Å². The summed E-state index contributed by atoms with van der Waals surface area (Å²) in [4.78, 5) is 38.3. The Kier molecular flexibility index (Phi) is 6.97. The SMILES string of the molecule is CN1CCN(C(=O)c2cc3cc(Cc4nccc(-c5cc(OCc6cccnc6)ccn5)n4)ccc3[nH]2)CC1. The zero-order valence-corrected chi connectivity index (χ0v) is 21.7. The summed E-state index contributed by atoms with van der Waals surface area (Å²) >= 11 is 0. The van der Waals surface area contributed by atoms with Crippen LogP contribution in [0.15, 0.2) is 79.4 Å². The number of aromatic nitrogens is 5. The number of likely N-dealkylation sites (N-methyl/N-ethyl adjacent to an activating group) is 1. The molecule has 6 rings (SSSR count). The number of carbonyl (C=O) groups excluding carboxylic acids is 1. The minimum Gasteiger partial charge on any atom is -0.489 e. The molecule has 0 atom stereocenters. The lowest BCUT2D eigenvalue weighted by molar-refractivity contribution is 0.0659. The van der Waals surface area contributed by atoms with Gasteiger partial charge < -0.3 is 19.5 Å². The average molecular weight is 520 g/mol. The standard InChI is InChI=1S/C30H29N7O2/c1-36-11-13-37(14-12-36)30(38)28-17-23-15-21(4-5-25(23)34-28)16-29-33-10-7-26(35-29)27-18-24(6-9-32-27)39-20-22-3-2-8-31-19-22/h2-10,15,17-19,34H,11-14,16,20H2,1H3. The molecular formula is C30H29N7O2. The highest BCUT2D eigenvalue weighted by molar-refractivity contribution is 5.98. The Hall–Kier alpha value is -4.63. The van der Waals surface area contributed by atoms with Crippen LogP contribution < -0.4 is 4.74 Å². The Bertz CT molecular complexity index is 1590. The highest BCUT2D eigenvalue weighted by Gasteiger charge is 2.21. The van der Waals surface area contributed by atoms with Gasteiger partial charge in [-0.1, -0.05) is 12.1 Å². The molecule has 4 aromatic heterocycles. The number of carbonyl (C=O) groups is 1. The van der Waals surface area contributed by atoms with Crippen molar-refractivity contribution in [2.45, 2.75) is 13.0 Å². The number of benzene rings is 1. The van der Waals surface area contributed by atoms with Crippen LogP contribution in [0.4, 0.5) is 0 Å². The lowest BCUT2D eigenvalue weighted by atomic mass is 10.1. The third kappa shape index (κ3) is 5.78. The summed E-state index contributed by atoms with van der Waals surface area (Å²) in [6.07, 6.45) is 7.56. The van der Waals surface area contributed by atoms with Crippen LogP contribution in [0.3, 0.4) is 0 Å². The summed E-state index contributed by atoms with van der Waals surface area (Å²) < 4.78 is 5.93. The van der Waals surface area contributed by atoms with Gasteiger partial charge in [0.2, 0.25) is 0 Å². The fourth-order valence-electron chi connectivity index (χ4n) is 4.69. The van der Waals surface area contributed by atoms with Gasteiger partial charge in [-0.3, -0.25) is 14.8 Å². The van der Waals surface area contributed by atoms with E-state index in [0.29, 0.717) is 30.3 Å². The van der Waals surface area contributed by atoms with Crippen LogP contribution in [-0.2, 0) is 13.0 Å². The van der Waals surface area contributed by atoms with Gasteiger partial charge in [0.05, 0.1) is 11.4 Å². The van der Waals surface area contributed by atoms with Crippen LogP contribution in [0.1, 0.15) is 27.4 Å². The predicted octanol–water partition coefficient (Wildman–Crippen LogP) is 3.97. The molecule has 0 aliphatic carbocycles. The molecule has 5 heterocycles. The molecule has 39 heavy (non-hydrogen) atoms. The molecule has 1 aliphatic rings. The number of H-pyrrole nitrogens is 1. The fraction of sp³-hybridized carbons (Fsp3) is 0.233. The zero-order valence-electron chi connectivity index (χ0n) is 21.7. The van der Waals surface area contributed by atoms with E-state index >= 15 is 0 Å². The summed E-state index contributed by atoms with van der Waals surface area (Å²) in [5.74, 6) is 1.46. The molecule has 0 saturated carbocycles. The van der Waals surface area contributed by atoms with E-state index in [9.17, 15) is 4.79 Å². The highest BCUT2D eigenvalue weighted by atomic mass is 16.5. The van der Waals surface area contributed by atoms with E-state index in [-0.39, 0.29) is 5.91 Å². The monoisotopic (exact) mass is 519 g/mol. The minimum atomic E-state index is 0.0519. The molecule has 9 nitrogen and oxygen atoms in total. The predicted molar refractivity (Wildman–Crippen MR) is 148 cm³/mol. The van der Waals surface area contributed by atoms with Crippen molar-refractivity contribution in [3.63, 3.8) is 0 Å². The Labute approximate surface area is 226 Å². The maximum absolute atomic E-state index is 13.0. The van der Waals surface area contributed by atoms with Gasteiger partial charge in [0, 0.05) is 79.9 Å². The van der Waals surface area contributed by atoms with Crippen molar-refractivity contribution in [1.82, 2.24) is 34.7 Å². The Morgan fingerprint density at radius 2 is 1.79 bits per heavy atom. The lowest BCUT2D eigenvalue weighted by Gasteiger charge is -2.32. The van der Waals surface area contributed by atoms with Crippen molar-refractivity contribution >= 4 is 16.8 Å². The molecule has 9 heteroatoms. The quantitative estimate of drug-likeness (QED) is 0.347. The van der Waals surface area contributed by atoms with Gasteiger partial charge in [0.25, 0.3) is 5.91 Å². The van der Waals surface area contributed by atoms with Crippen LogP contribution in [0.2, 0.25) is 0 Å². The number of hydrogen-bond donors (Lipinski definition) is 1. The Balaban J connectivity index is 1.16. The summed E-state index contributed by atoms with van der Waals surface area (Å²) in [5, 5.41) is 1.00. The molecule has 1 amide bonds. The first kappa shape index (κ1) is 24.7. The smallest absolute Gasteiger partial charge is 0.270 e. The summed E-state index contributed by atoms with van der Waals surface area (Å²) in [5.41, 5.74) is 5.08. The maximum Gasteiger partial charge on any atom is 0.270 e. The number of fused-ring (bicyclic) bond motifs is 1. The van der Waals surface area contributed by atoms with Gasteiger partial charge in [-0.2, -0.15) is 0 Å². The van der Waals surface area contributed by atoms with Gasteiger partial charge in [0.1, 0.15) is 23.9 Å². The number of pyridine rings is 2. The first-order chi connectivity index (χ1) is 19.1. The minimum absolute atomic E-state index is 0.0519. The average Bonchev–Trinajstić information content (AvgIpc) is 3.41. The van der Waals surface area contributed by atoms with E-state index in [1.807, 2.05) is 53.4 Å².